The number of carbonyl (C=O) groups excluding carboxylic acids is 1. The SMILES string of the molecule is CCCN(C(=O)c1cc(F)ccc1N)C(C)C. The van der Waals surface area contributed by atoms with Crippen LogP contribution in [0, 0.1) is 5.82 Å². The Morgan fingerprint density at radius 3 is 2.65 bits per heavy atom. The number of benzene rings is 1. The summed E-state index contributed by atoms with van der Waals surface area (Å²) < 4.78 is 13.1. The lowest BCUT2D eigenvalue weighted by molar-refractivity contribution is 0.0706. The Morgan fingerprint density at radius 1 is 1.47 bits per heavy atom. The Bertz CT molecular complexity index is 404. The molecule has 0 aliphatic rings. The number of hydrogen-bond donors (Lipinski definition) is 1. The molecule has 0 saturated carbocycles. The summed E-state index contributed by atoms with van der Waals surface area (Å²) >= 11 is 0. The van der Waals surface area contributed by atoms with E-state index in [2.05, 4.69) is 0 Å². The van der Waals surface area contributed by atoms with Crippen LogP contribution < -0.4 is 5.73 Å². The summed E-state index contributed by atoms with van der Waals surface area (Å²) in [7, 11) is 0. The van der Waals surface area contributed by atoms with E-state index < -0.39 is 5.82 Å². The maximum atomic E-state index is 13.1. The molecule has 1 rings (SSSR count). The molecule has 0 spiro atoms. The van der Waals surface area contributed by atoms with Gasteiger partial charge in [0.05, 0.1) is 5.56 Å². The van der Waals surface area contributed by atoms with E-state index in [9.17, 15) is 9.18 Å². The van der Waals surface area contributed by atoms with Gasteiger partial charge in [-0.2, -0.15) is 0 Å². The highest BCUT2D eigenvalue weighted by Gasteiger charge is 2.20. The minimum absolute atomic E-state index is 0.0742. The lowest BCUT2D eigenvalue weighted by Gasteiger charge is -2.26. The third kappa shape index (κ3) is 3.19. The molecule has 0 fully saturated rings. The van der Waals surface area contributed by atoms with Crippen LogP contribution in [0.5, 0.6) is 0 Å². The fraction of sp³-hybridized carbons (Fsp3) is 0.462. The second kappa shape index (κ2) is 5.66. The van der Waals surface area contributed by atoms with Crippen LogP contribution in [0.1, 0.15) is 37.6 Å². The Morgan fingerprint density at radius 2 is 2.12 bits per heavy atom. The maximum absolute atomic E-state index is 13.1. The molecule has 1 aromatic rings. The topological polar surface area (TPSA) is 46.3 Å². The molecule has 0 aromatic heterocycles. The van der Waals surface area contributed by atoms with Gasteiger partial charge in [0.15, 0.2) is 0 Å². The van der Waals surface area contributed by atoms with Crippen molar-refractivity contribution in [2.24, 2.45) is 0 Å². The predicted octanol–water partition coefficient (Wildman–Crippen LogP) is 2.67. The Hall–Kier alpha value is -1.58. The second-order valence-corrected chi connectivity index (χ2v) is 4.32. The van der Waals surface area contributed by atoms with E-state index in [0.29, 0.717) is 12.2 Å². The molecule has 3 nitrogen and oxygen atoms in total. The number of hydrogen-bond acceptors (Lipinski definition) is 2. The van der Waals surface area contributed by atoms with Gasteiger partial charge in [-0.25, -0.2) is 4.39 Å². The van der Waals surface area contributed by atoms with Gasteiger partial charge in [0.1, 0.15) is 5.82 Å². The lowest BCUT2D eigenvalue weighted by Crippen LogP contribution is -2.37. The van der Waals surface area contributed by atoms with E-state index in [1.165, 1.54) is 18.2 Å². The van der Waals surface area contributed by atoms with Crippen molar-refractivity contribution in [3.63, 3.8) is 0 Å². The molecule has 0 unspecified atom stereocenters. The molecule has 0 radical (unpaired) electrons. The molecule has 0 atom stereocenters. The zero-order valence-electron chi connectivity index (χ0n) is 10.5. The van der Waals surface area contributed by atoms with Crippen LogP contribution in [0.15, 0.2) is 18.2 Å². The van der Waals surface area contributed by atoms with Crippen molar-refractivity contribution in [1.82, 2.24) is 4.90 Å². The average molecular weight is 238 g/mol. The summed E-state index contributed by atoms with van der Waals surface area (Å²) in [5.74, 6) is -0.651. The first-order chi connectivity index (χ1) is 7.97. The molecule has 0 heterocycles. The van der Waals surface area contributed by atoms with E-state index in [0.717, 1.165) is 6.42 Å². The average Bonchev–Trinajstić information content (AvgIpc) is 2.28. The minimum Gasteiger partial charge on any atom is -0.398 e. The Kier molecular flexibility index (Phi) is 4.49. The van der Waals surface area contributed by atoms with Crippen LogP contribution in [0.3, 0.4) is 0 Å². The van der Waals surface area contributed by atoms with Crippen molar-refractivity contribution < 1.29 is 9.18 Å². The number of halogens is 1. The van der Waals surface area contributed by atoms with Crippen LogP contribution in [0.2, 0.25) is 0 Å². The van der Waals surface area contributed by atoms with Crippen LogP contribution in [-0.4, -0.2) is 23.4 Å². The standard InChI is InChI=1S/C13H19FN2O/c1-4-7-16(9(2)3)13(17)11-8-10(14)5-6-12(11)15/h5-6,8-9H,4,7,15H2,1-3H3. The van der Waals surface area contributed by atoms with Crippen LogP contribution in [0.4, 0.5) is 10.1 Å². The molecule has 1 aromatic carbocycles. The molecule has 0 aliphatic heterocycles. The zero-order valence-corrected chi connectivity index (χ0v) is 10.5. The van der Waals surface area contributed by atoms with Gasteiger partial charge in [-0.1, -0.05) is 6.92 Å². The van der Waals surface area contributed by atoms with Crippen LogP contribution in [-0.2, 0) is 0 Å². The van der Waals surface area contributed by atoms with Gasteiger partial charge in [0.2, 0.25) is 0 Å². The molecule has 4 heteroatoms. The normalized spacial score (nSPS) is 10.6. The number of anilines is 1. The van der Waals surface area contributed by atoms with Crippen molar-refractivity contribution >= 4 is 11.6 Å². The van der Waals surface area contributed by atoms with E-state index in [1.54, 1.807) is 4.90 Å². The number of carbonyl (C=O) groups is 1. The molecule has 0 saturated heterocycles. The second-order valence-electron chi connectivity index (χ2n) is 4.32. The quantitative estimate of drug-likeness (QED) is 0.820. The number of amides is 1. The third-order valence-corrected chi connectivity index (χ3v) is 2.59. The van der Waals surface area contributed by atoms with Gasteiger partial charge in [0, 0.05) is 18.3 Å². The van der Waals surface area contributed by atoms with Crippen molar-refractivity contribution in [2.75, 3.05) is 12.3 Å². The minimum atomic E-state index is -0.442. The van der Waals surface area contributed by atoms with Crippen molar-refractivity contribution in [3.8, 4) is 0 Å². The summed E-state index contributed by atoms with van der Waals surface area (Å²) in [4.78, 5) is 13.9. The van der Waals surface area contributed by atoms with Gasteiger partial charge < -0.3 is 10.6 Å². The number of nitrogens with two attached hydrogens (primary N) is 1. The van der Waals surface area contributed by atoms with E-state index in [1.807, 2.05) is 20.8 Å². The summed E-state index contributed by atoms with van der Waals surface area (Å²) in [6.45, 7) is 6.51. The first-order valence-electron chi connectivity index (χ1n) is 5.83. The monoisotopic (exact) mass is 238 g/mol. The molecule has 0 aliphatic carbocycles. The molecule has 17 heavy (non-hydrogen) atoms. The fourth-order valence-electron chi connectivity index (χ4n) is 1.70. The van der Waals surface area contributed by atoms with Gasteiger partial charge >= 0.3 is 0 Å². The van der Waals surface area contributed by atoms with Gasteiger partial charge in [-0.15, -0.1) is 0 Å². The summed E-state index contributed by atoms with van der Waals surface area (Å²) in [5.41, 5.74) is 6.27. The van der Waals surface area contributed by atoms with E-state index >= 15 is 0 Å². The lowest BCUT2D eigenvalue weighted by atomic mass is 10.1. The summed E-state index contributed by atoms with van der Waals surface area (Å²) in [6, 6.07) is 3.95. The first kappa shape index (κ1) is 13.5. The fourth-order valence-corrected chi connectivity index (χ4v) is 1.70. The van der Waals surface area contributed by atoms with Crippen molar-refractivity contribution in [2.45, 2.75) is 33.2 Å². The smallest absolute Gasteiger partial charge is 0.256 e. The summed E-state index contributed by atoms with van der Waals surface area (Å²) in [5, 5.41) is 0. The van der Waals surface area contributed by atoms with Crippen molar-refractivity contribution in [1.29, 1.82) is 0 Å². The number of rotatable bonds is 4. The van der Waals surface area contributed by atoms with Gasteiger partial charge in [-0.05, 0) is 38.5 Å². The zero-order chi connectivity index (χ0) is 13.0. The Balaban J connectivity index is 3.04. The first-order valence-corrected chi connectivity index (χ1v) is 5.83. The Labute approximate surface area is 101 Å². The highest BCUT2D eigenvalue weighted by Crippen LogP contribution is 2.17. The van der Waals surface area contributed by atoms with E-state index in [4.69, 9.17) is 5.73 Å². The molecular weight excluding hydrogens is 219 g/mol. The molecular formula is C13H19FN2O. The number of nitrogens with zero attached hydrogens (tertiary/aromatic N) is 1. The number of nitrogen functional groups attached to an aromatic ring is 1. The van der Waals surface area contributed by atoms with E-state index in [-0.39, 0.29) is 17.5 Å². The van der Waals surface area contributed by atoms with Crippen LogP contribution in [0.25, 0.3) is 0 Å². The molecule has 0 bridgehead atoms. The summed E-state index contributed by atoms with van der Waals surface area (Å²) in [6.07, 6.45) is 0.860. The maximum Gasteiger partial charge on any atom is 0.256 e. The van der Waals surface area contributed by atoms with Crippen molar-refractivity contribution in [3.05, 3.63) is 29.6 Å². The van der Waals surface area contributed by atoms with Crippen LogP contribution >= 0.6 is 0 Å². The van der Waals surface area contributed by atoms with Gasteiger partial charge in [-0.3, -0.25) is 4.79 Å². The molecule has 2 N–H and O–H groups in total. The van der Waals surface area contributed by atoms with Gasteiger partial charge in [0.25, 0.3) is 5.91 Å². The third-order valence-electron chi connectivity index (χ3n) is 2.59. The molecule has 94 valence electrons. The highest BCUT2D eigenvalue weighted by molar-refractivity contribution is 5.99. The predicted molar refractivity (Wildman–Crippen MR) is 67.3 cm³/mol. The highest BCUT2D eigenvalue weighted by atomic mass is 19.1. The molecule has 1 amide bonds. The largest absolute Gasteiger partial charge is 0.398 e.